The van der Waals surface area contributed by atoms with E-state index in [2.05, 4.69) is 20.3 Å². The summed E-state index contributed by atoms with van der Waals surface area (Å²) in [5, 5.41) is 4.88. The summed E-state index contributed by atoms with van der Waals surface area (Å²) in [7, 11) is 0. The number of fused-ring (bicyclic) bond motifs is 1. The van der Waals surface area contributed by atoms with Gasteiger partial charge in [0.2, 0.25) is 0 Å². The maximum atomic E-state index is 6.16. The molecule has 5 heteroatoms. The molecule has 3 rings (SSSR count). The third-order valence-corrected chi connectivity index (χ3v) is 3.73. The van der Waals surface area contributed by atoms with Crippen molar-refractivity contribution in [2.24, 2.45) is 0 Å². The molecule has 120 valence electrons. The van der Waals surface area contributed by atoms with Crippen LogP contribution >= 0.6 is 11.6 Å². The van der Waals surface area contributed by atoms with Crippen LogP contribution in [0.3, 0.4) is 0 Å². The van der Waals surface area contributed by atoms with E-state index in [1.165, 1.54) is 0 Å². The molecule has 0 aliphatic heterocycles. The molecule has 0 amide bonds. The van der Waals surface area contributed by atoms with Gasteiger partial charge in [0, 0.05) is 34.1 Å². The standard InChI is InChI=1S/C19H17ClN4/c1-3-6-15(4-2)22-19-16-11-14(20)8-9-17(16)23-18(24-19)13-7-5-10-21-12-13/h3-12H,1-2H3,(H,22,23,24)/b6-3-,15-4+. The Balaban J connectivity index is 2.18. The molecule has 0 saturated heterocycles. The molecule has 0 aliphatic carbocycles. The Morgan fingerprint density at radius 2 is 2.04 bits per heavy atom. The average molecular weight is 337 g/mol. The number of hydrogen-bond acceptors (Lipinski definition) is 4. The van der Waals surface area contributed by atoms with E-state index in [4.69, 9.17) is 11.6 Å². The minimum absolute atomic E-state index is 0.622. The van der Waals surface area contributed by atoms with Gasteiger partial charge in [-0.3, -0.25) is 4.98 Å². The number of anilines is 1. The highest BCUT2D eigenvalue weighted by Gasteiger charge is 2.10. The Hall–Kier alpha value is -2.72. The van der Waals surface area contributed by atoms with Crippen LogP contribution in [0.2, 0.25) is 5.02 Å². The van der Waals surface area contributed by atoms with Gasteiger partial charge in [-0.2, -0.15) is 0 Å². The second-order valence-corrected chi connectivity index (χ2v) is 5.60. The van der Waals surface area contributed by atoms with E-state index in [0.717, 1.165) is 22.2 Å². The van der Waals surface area contributed by atoms with E-state index in [0.29, 0.717) is 16.7 Å². The van der Waals surface area contributed by atoms with Gasteiger partial charge >= 0.3 is 0 Å². The second-order valence-electron chi connectivity index (χ2n) is 5.17. The van der Waals surface area contributed by atoms with Gasteiger partial charge in [-0.25, -0.2) is 9.97 Å². The second kappa shape index (κ2) is 7.23. The largest absolute Gasteiger partial charge is 0.340 e. The van der Waals surface area contributed by atoms with Gasteiger partial charge in [0.1, 0.15) is 5.82 Å². The molecular formula is C19H17ClN4. The van der Waals surface area contributed by atoms with Crippen molar-refractivity contribution in [3.8, 4) is 11.4 Å². The lowest BCUT2D eigenvalue weighted by atomic mass is 10.2. The number of aromatic nitrogens is 3. The Kier molecular flexibility index (Phi) is 4.87. The third-order valence-electron chi connectivity index (χ3n) is 3.50. The van der Waals surface area contributed by atoms with Crippen molar-refractivity contribution >= 4 is 28.3 Å². The summed E-state index contributed by atoms with van der Waals surface area (Å²) < 4.78 is 0. The van der Waals surface area contributed by atoms with Crippen LogP contribution in [0.15, 0.2) is 66.7 Å². The first-order chi connectivity index (χ1) is 11.7. The van der Waals surface area contributed by atoms with Crippen LogP contribution in [0.1, 0.15) is 13.8 Å². The molecule has 2 aromatic heterocycles. The number of nitrogens with one attached hydrogen (secondary N) is 1. The normalized spacial score (nSPS) is 12.0. The molecule has 3 aromatic rings. The van der Waals surface area contributed by atoms with E-state index in [1.54, 1.807) is 12.4 Å². The van der Waals surface area contributed by atoms with Crippen LogP contribution < -0.4 is 5.32 Å². The summed E-state index contributed by atoms with van der Waals surface area (Å²) >= 11 is 6.16. The van der Waals surface area contributed by atoms with Crippen molar-refractivity contribution in [3.05, 3.63) is 71.7 Å². The molecule has 1 N–H and O–H groups in total. The first-order valence-electron chi connectivity index (χ1n) is 7.65. The van der Waals surface area contributed by atoms with Gasteiger partial charge in [-0.05, 0) is 50.3 Å². The van der Waals surface area contributed by atoms with E-state index in [-0.39, 0.29) is 0 Å². The van der Waals surface area contributed by atoms with E-state index < -0.39 is 0 Å². The minimum atomic E-state index is 0.622. The quantitative estimate of drug-likeness (QED) is 0.662. The highest BCUT2D eigenvalue weighted by atomic mass is 35.5. The van der Waals surface area contributed by atoms with Gasteiger partial charge in [-0.15, -0.1) is 0 Å². The van der Waals surface area contributed by atoms with Crippen molar-refractivity contribution < 1.29 is 0 Å². The Labute approximate surface area is 145 Å². The minimum Gasteiger partial charge on any atom is -0.340 e. The van der Waals surface area contributed by atoms with Gasteiger partial charge in [0.15, 0.2) is 5.82 Å². The number of benzene rings is 1. The maximum Gasteiger partial charge on any atom is 0.163 e. The summed E-state index contributed by atoms with van der Waals surface area (Å²) in [6.07, 6.45) is 9.43. The summed E-state index contributed by atoms with van der Waals surface area (Å²) in [4.78, 5) is 13.5. The SMILES string of the molecule is C/C=C\C(=C/C)Nc1nc(-c2cccnc2)nc2ccc(Cl)cc12. The molecule has 0 spiro atoms. The van der Waals surface area contributed by atoms with E-state index >= 15 is 0 Å². The van der Waals surface area contributed by atoms with Crippen LogP contribution in [0.5, 0.6) is 0 Å². The van der Waals surface area contributed by atoms with E-state index in [1.807, 2.05) is 62.4 Å². The fourth-order valence-corrected chi connectivity index (χ4v) is 2.52. The molecule has 0 saturated carbocycles. The zero-order valence-corrected chi connectivity index (χ0v) is 14.2. The fraction of sp³-hybridized carbons (Fsp3) is 0.105. The molecule has 2 heterocycles. The monoisotopic (exact) mass is 336 g/mol. The van der Waals surface area contributed by atoms with E-state index in [9.17, 15) is 0 Å². The Bertz CT molecular complexity index is 917. The van der Waals surface area contributed by atoms with Crippen molar-refractivity contribution in [3.63, 3.8) is 0 Å². The molecule has 1 aromatic carbocycles. The van der Waals surface area contributed by atoms with Crippen LogP contribution in [-0.2, 0) is 0 Å². The third kappa shape index (κ3) is 3.44. The molecule has 0 atom stereocenters. The highest BCUT2D eigenvalue weighted by molar-refractivity contribution is 6.31. The average Bonchev–Trinajstić information content (AvgIpc) is 2.62. The first kappa shape index (κ1) is 16.1. The molecule has 0 fully saturated rings. The number of nitrogens with zero attached hydrogens (tertiary/aromatic N) is 3. The molecule has 0 aliphatic rings. The van der Waals surface area contributed by atoms with Crippen molar-refractivity contribution in [2.45, 2.75) is 13.8 Å². The Morgan fingerprint density at radius 3 is 2.75 bits per heavy atom. The fourth-order valence-electron chi connectivity index (χ4n) is 2.35. The van der Waals surface area contributed by atoms with Gasteiger partial charge in [0.25, 0.3) is 0 Å². The number of hydrogen-bond donors (Lipinski definition) is 1. The molecule has 24 heavy (non-hydrogen) atoms. The van der Waals surface area contributed by atoms with Crippen LogP contribution in [0.25, 0.3) is 22.3 Å². The number of pyridine rings is 1. The summed E-state index contributed by atoms with van der Waals surface area (Å²) in [5.74, 6) is 1.34. The summed E-state index contributed by atoms with van der Waals surface area (Å²) in [6.45, 7) is 3.95. The molecule has 0 unspecified atom stereocenters. The maximum absolute atomic E-state index is 6.16. The van der Waals surface area contributed by atoms with Crippen LogP contribution in [0.4, 0.5) is 5.82 Å². The van der Waals surface area contributed by atoms with Crippen LogP contribution in [-0.4, -0.2) is 15.0 Å². The summed E-state index contributed by atoms with van der Waals surface area (Å²) in [5.41, 5.74) is 2.65. The van der Waals surface area contributed by atoms with Crippen molar-refractivity contribution in [1.82, 2.24) is 15.0 Å². The predicted octanol–water partition coefficient (Wildman–Crippen LogP) is 5.24. The lowest BCUT2D eigenvalue weighted by molar-refractivity contribution is 1.20. The van der Waals surface area contributed by atoms with Crippen molar-refractivity contribution in [1.29, 1.82) is 0 Å². The van der Waals surface area contributed by atoms with Gasteiger partial charge < -0.3 is 5.32 Å². The topological polar surface area (TPSA) is 50.7 Å². The molecule has 0 bridgehead atoms. The summed E-state index contributed by atoms with van der Waals surface area (Å²) in [6, 6.07) is 9.41. The lowest BCUT2D eigenvalue weighted by Gasteiger charge is -2.12. The Morgan fingerprint density at radius 1 is 1.17 bits per heavy atom. The first-order valence-corrected chi connectivity index (χ1v) is 8.03. The molecule has 0 radical (unpaired) electrons. The van der Waals surface area contributed by atoms with Crippen LogP contribution in [0, 0.1) is 0 Å². The molecular weight excluding hydrogens is 320 g/mol. The molecule has 4 nitrogen and oxygen atoms in total. The predicted molar refractivity (Wildman–Crippen MR) is 100.0 cm³/mol. The highest BCUT2D eigenvalue weighted by Crippen LogP contribution is 2.28. The van der Waals surface area contributed by atoms with Gasteiger partial charge in [-0.1, -0.05) is 23.8 Å². The zero-order chi connectivity index (χ0) is 16.9. The van der Waals surface area contributed by atoms with Gasteiger partial charge in [0.05, 0.1) is 5.52 Å². The van der Waals surface area contributed by atoms with Crippen molar-refractivity contribution in [2.75, 3.05) is 5.32 Å². The number of allylic oxidation sites excluding steroid dienone is 3. The number of rotatable bonds is 4. The zero-order valence-electron chi connectivity index (χ0n) is 13.5. The lowest BCUT2D eigenvalue weighted by Crippen LogP contribution is -2.03. The smallest absolute Gasteiger partial charge is 0.163 e. The number of halogens is 1.